The van der Waals surface area contributed by atoms with E-state index < -0.39 is 8.07 Å². The molecule has 1 rings (SSSR count). The van der Waals surface area contributed by atoms with Gasteiger partial charge in [-0.15, -0.1) is 0 Å². The summed E-state index contributed by atoms with van der Waals surface area (Å²) in [4.78, 5) is 0. The maximum absolute atomic E-state index is 2.55. The van der Waals surface area contributed by atoms with Crippen molar-refractivity contribution in [2.24, 2.45) is 0 Å². The molecule has 2 unspecified atom stereocenters. The number of rotatable bonds is 4. The summed E-state index contributed by atoms with van der Waals surface area (Å²) in [6.07, 6.45) is 7.45. The minimum Gasteiger partial charge on any atom is -0.0654 e. The van der Waals surface area contributed by atoms with Gasteiger partial charge < -0.3 is 0 Å². The van der Waals surface area contributed by atoms with E-state index in [-0.39, 0.29) is 0 Å². The molecular weight excluding hydrogens is 184 g/mol. The lowest BCUT2D eigenvalue weighted by Gasteiger charge is -2.44. The second-order valence-electron chi connectivity index (χ2n) is 5.41. The lowest BCUT2D eigenvalue weighted by molar-refractivity contribution is 0.638. The van der Waals surface area contributed by atoms with E-state index in [1.165, 1.54) is 19.3 Å². The van der Waals surface area contributed by atoms with Crippen molar-refractivity contribution in [2.45, 2.75) is 83.0 Å². The van der Waals surface area contributed by atoms with Crippen molar-refractivity contribution >= 4 is 8.07 Å². The zero-order valence-corrected chi connectivity index (χ0v) is 11.6. The molecule has 0 N–H and O–H groups in total. The first-order valence-corrected chi connectivity index (χ1v) is 9.24. The molecule has 1 aliphatic rings. The SMILES string of the molecule is CCC(C)[Si]1(C(C)CC)CCCCC1. The van der Waals surface area contributed by atoms with E-state index >= 15 is 0 Å². The lowest BCUT2D eigenvalue weighted by atomic mass is 10.3. The van der Waals surface area contributed by atoms with Gasteiger partial charge in [0.2, 0.25) is 0 Å². The first kappa shape index (κ1) is 12.3. The third kappa shape index (κ3) is 2.24. The second-order valence-corrected chi connectivity index (χ2v) is 10.8. The molecule has 1 heterocycles. The van der Waals surface area contributed by atoms with Crippen LogP contribution in [0, 0.1) is 0 Å². The highest BCUT2D eigenvalue weighted by atomic mass is 28.3. The van der Waals surface area contributed by atoms with Gasteiger partial charge in [0.1, 0.15) is 0 Å². The molecule has 0 saturated carbocycles. The third-order valence-electron chi connectivity index (χ3n) is 4.97. The zero-order valence-electron chi connectivity index (χ0n) is 10.6. The van der Waals surface area contributed by atoms with E-state index in [2.05, 4.69) is 27.7 Å². The van der Waals surface area contributed by atoms with Crippen molar-refractivity contribution in [3.63, 3.8) is 0 Å². The predicted octanol–water partition coefficient (Wildman–Crippen LogP) is 5.22. The average Bonchev–Trinajstić information content (AvgIpc) is 2.27. The van der Waals surface area contributed by atoms with Crippen LogP contribution in [0.4, 0.5) is 0 Å². The Labute approximate surface area is 91.5 Å². The summed E-state index contributed by atoms with van der Waals surface area (Å²) < 4.78 is 0. The van der Waals surface area contributed by atoms with Gasteiger partial charge >= 0.3 is 0 Å². The Bertz CT molecular complexity index is 147. The molecule has 0 aliphatic carbocycles. The Morgan fingerprint density at radius 2 is 1.29 bits per heavy atom. The highest BCUT2D eigenvalue weighted by molar-refractivity contribution is 6.82. The Kier molecular flexibility index (Phi) is 4.69. The van der Waals surface area contributed by atoms with Gasteiger partial charge in [0.15, 0.2) is 0 Å². The average molecular weight is 212 g/mol. The Balaban J connectivity index is 2.76. The molecule has 0 aromatic rings. The molecular formula is C13H28Si. The molecule has 1 saturated heterocycles. The van der Waals surface area contributed by atoms with E-state index in [1.807, 2.05) is 0 Å². The van der Waals surface area contributed by atoms with Crippen LogP contribution in [0.25, 0.3) is 0 Å². The quantitative estimate of drug-likeness (QED) is 0.561. The summed E-state index contributed by atoms with van der Waals surface area (Å²) in [6.45, 7) is 9.89. The topological polar surface area (TPSA) is 0 Å². The van der Waals surface area contributed by atoms with Gasteiger partial charge in [-0.1, -0.05) is 71.9 Å². The maximum Gasteiger partial charge on any atom is 0.0592 e. The first-order valence-electron chi connectivity index (χ1n) is 6.67. The van der Waals surface area contributed by atoms with Crippen molar-refractivity contribution in [2.75, 3.05) is 0 Å². The van der Waals surface area contributed by atoms with Gasteiger partial charge in [-0.05, 0) is 11.1 Å². The Morgan fingerprint density at radius 3 is 1.64 bits per heavy atom. The number of hydrogen-bond donors (Lipinski definition) is 0. The monoisotopic (exact) mass is 212 g/mol. The molecule has 2 atom stereocenters. The summed E-state index contributed by atoms with van der Waals surface area (Å²) in [5, 5.41) is 0. The summed E-state index contributed by atoms with van der Waals surface area (Å²) >= 11 is 0. The molecule has 0 bridgehead atoms. The smallest absolute Gasteiger partial charge is 0.0592 e. The van der Waals surface area contributed by atoms with Crippen LogP contribution in [-0.4, -0.2) is 8.07 Å². The second kappa shape index (κ2) is 5.34. The minimum atomic E-state index is -0.889. The standard InChI is InChI=1S/C13H28Si/c1-5-12(3)14(13(4)6-2)10-8-7-9-11-14/h12-13H,5-11H2,1-4H3. The minimum absolute atomic E-state index is 0.889. The molecule has 0 radical (unpaired) electrons. The van der Waals surface area contributed by atoms with Gasteiger partial charge in [0.25, 0.3) is 0 Å². The predicted molar refractivity (Wildman–Crippen MR) is 68.6 cm³/mol. The summed E-state index contributed by atoms with van der Waals surface area (Å²) in [7, 11) is -0.889. The van der Waals surface area contributed by atoms with Crippen LogP contribution in [0.1, 0.15) is 59.8 Å². The molecule has 84 valence electrons. The van der Waals surface area contributed by atoms with Crippen LogP contribution in [-0.2, 0) is 0 Å². The highest BCUT2D eigenvalue weighted by Gasteiger charge is 2.42. The molecule has 0 aromatic carbocycles. The lowest BCUT2D eigenvalue weighted by Crippen LogP contribution is -2.44. The van der Waals surface area contributed by atoms with Gasteiger partial charge in [-0.3, -0.25) is 0 Å². The molecule has 0 spiro atoms. The maximum atomic E-state index is 2.55. The van der Waals surface area contributed by atoms with Crippen molar-refractivity contribution in [1.82, 2.24) is 0 Å². The van der Waals surface area contributed by atoms with E-state index in [0.717, 1.165) is 11.1 Å². The summed E-state index contributed by atoms with van der Waals surface area (Å²) in [5.41, 5.74) is 2.13. The zero-order chi connectivity index (χ0) is 10.6. The van der Waals surface area contributed by atoms with Gasteiger partial charge in [0.05, 0.1) is 8.07 Å². The Hall–Kier alpha value is 0.217. The van der Waals surface area contributed by atoms with Crippen molar-refractivity contribution in [3.8, 4) is 0 Å². The molecule has 0 nitrogen and oxygen atoms in total. The van der Waals surface area contributed by atoms with Crippen molar-refractivity contribution < 1.29 is 0 Å². The molecule has 0 aromatic heterocycles. The molecule has 0 amide bonds. The van der Waals surface area contributed by atoms with Crippen LogP contribution in [0.15, 0.2) is 0 Å². The first-order chi connectivity index (χ1) is 6.67. The van der Waals surface area contributed by atoms with Crippen LogP contribution < -0.4 is 0 Å². The third-order valence-corrected chi connectivity index (χ3v) is 12.3. The highest BCUT2D eigenvalue weighted by Crippen LogP contribution is 2.47. The van der Waals surface area contributed by atoms with E-state index in [1.54, 1.807) is 24.9 Å². The van der Waals surface area contributed by atoms with Gasteiger partial charge in [-0.2, -0.15) is 0 Å². The van der Waals surface area contributed by atoms with Crippen LogP contribution in [0.3, 0.4) is 0 Å². The fourth-order valence-electron chi connectivity index (χ4n) is 3.49. The van der Waals surface area contributed by atoms with E-state index in [4.69, 9.17) is 0 Å². The molecule has 1 fully saturated rings. The Morgan fingerprint density at radius 1 is 0.857 bits per heavy atom. The fourth-order valence-corrected chi connectivity index (χ4v) is 10.1. The normalized spacial score (nSPS) is 25.7. The van der Waals surface area contributed by atoms with Crippen LogP contribution in [0.5, 0.6) is 0 Å². The van der Waals surface area contributed by atoms with Crippen molar-refractivity contribution in [1.29, 1.82) is 0 Å². The van der Waals surface area contributed by atoms with Crippen LogP contribution >= 0.6 is 0 Å². The van der Waals surface area contributed by atoms with Gasteiger partial charge in [-0.25, -0.2) is 0 Å². The summed E-state index contributed by atoms with van der Waals surface area (Å²) in [5.74, 6) is 0. The van der Waals surface area contributed by atoms with E-state index in [9.17, 15) is 0 Å². The molecule has 1 heteroatoms. The van der Waals surface area contributed by atoms with Gasteiger partial charge in [0, 0.05) is 0 Å². The van der Waals surface area contributed by atoms with Crippen LogP contribution in [0.2, 0.25) is 23.2 Å². The summed E-state index contributed by atoms with van der Waals surface area (Å²) in [6, 6.07) is 3.27. The molecule has 14 heavy (non-hydrogen) atoms. The van der Waals surface area contributed by atoms with E-state index in [0.29, 0.717) is 0 Å². The van der Waals surface area contributed by atoms with Crippen molar-refractivity contribution in [3.05, 3.63) is 0 Å². The fraction of sp³-hybridized carbons (Fsp3) is 1.00. The number of hydrogen-bond acceptors (Lipinski definition) is 0. The largest absolute Gasteiger partial charge is 0.0654 e. The molecule has 1 aliphatic heterocycles.